The molecule has 1 N–H and O–H groups in total. The zero-order valence-electron chi connectivity index (χ0n) is 23.6. The largest absolute Gasteiger partial charge is 0.354 e. The highest BCUT2D eigenvalue weighted by atomic mass is 35.5. The van der Waals surface area contributed by atoms with Gasteiger partial charge in [0.15, 0.2) is 0 Å². The van der Waals surface area contributed by atoms with Gasteiger partial charge in [-0.3, -0.25) is 13.9 Å². The molecule has 0 fully saturated rings. The number of carbonyl (C=O) groups excluding carboxylic acids is 2. The number of benzene rings is 3. The Bertz CT molecular complexity index is 1430. The minimum Gasteiger partial charge on any atom is -0.354 e. The lowest BCUT2D eigenvalue weighted by molar-refractivity contribution is -0.139. The number of hydrogen-bond donors (Lipinski definition) is 1. The third-order valence-electron chi connectivity index (χ3n) is 6.64. The minimum absolute atomic E-state index is 0.0507. The van der Waals surface area contributed by atoms with E-state index in [0.29, 0.717) is 27.8 Å². The number of unbranched alkanes of at least 4 members (excludes halogenated alkanes) is 1. The maximum atomic E-state index is 14.0. The molecule has 0 bridgehead atoms. The lowest BCUT2D eigenvalue weighted by Gasteiger charge is -2.32. The summed E-state index contributed by atoms with van der Waals surface area (Å²) in [7, 11) is -4.15. The average molecular weight is 637 g/mol. The molecule has 0 heterocycles. The number of anilines is 1. The monoisotopic (exact) mass is 635 g/mol. The van der Waals surface area contributed by atoms with E-state index in [4.69, 9.17) is 23.2 Å². The second-order valence-electron chi connectivity index (χ2n) is 9.57. The summed E-state index contributed by atoms with van der Waals surface area (Å²) in [6, 6.07) is 17.5. The van der Waals surface area contributed by atoms with Crippen molar-refractivity contribution in [2.24, 2.45) is 0 Å². The number of carbonyl (C=O) groups is 2. The number of hydrogen-bond acceptors (Lipinski definition) is 5. The van der Waals surface area contributed by atoms with Crippen LogP contribution in [0, 0.1) is 6.92 Å². The molecule has 0 aromatic heterocycles. The summed E-state index contributed by atoms with van der Waals surface area (Å²) in [4.78, 5) is 29.4. The first kappa shape index (κ1) is 32.8. The van der Waals surface area contributed by atoms with Crippen molar-refractivity contribution >= 4 is 62.5 Å². The lowest BCUT2D eigenvalue weighted by atomic mass is 10.1. The smallest absolute Gasteiger partial charge is 0.264 e. The van der Waals surface area contributed by atoms with E-state index in [-0.39, 0.29) is 17.3 Å². The van der Waals surface area contributed by atoms with Crippen molar-refractivity contribution in [2.45, 2.75) is 56.0 Å². The third kappa shape index (κ3) is 8.41. The number of halogens is 2. The van der Waals surface area contributed by atoms with Gasteiger partial charge >= 0.3 is 0 Å². The first-order valence-corrected chi connectivity index (χ1v) is 16.6. The summed E-state index contributed by atoms with van der Waals surface area (Å²) in [6.45, 7) is 5.36. The van der Waals surface area contributed by atoms with Gasteiger partial charge in [-0.05, 0) is 75.1 Å². The van der Waals surface area contributed by atoms with Crippen molar-refractivity contribution in [3.63, 3.8) is 0 Å². The molecule has 1 atom stereocenters. The van der Waals surface area contributed by atoms with Crippen LogP contribution in [0.4, 0.5) is 5.69 Å². The van der Waals surface area contributed by atoms with E-state index in [1.54, 1.807) is 61.5 Å². The van der Waals surface area contributed by atoms with Crippen LogP contribution in [0.3, 0.4) is 0 Å². The van der Waals surface area contributed by atoms with Crippen molar-refractivity contribution in [3.05, 3.63) is 87.9 Å². The fraction of sp³-hybridized carbons (Fsp3) is 0.333. The predicted molar refractivity (Wildman–Crippen MR) is 168 cm³/mol. The van der Waals surface area contributed by atoms with Crippen LogP contribution < -0.4 is 9.62 Å². The van der Waals surface area contributed by atoms with E-state index >= 15 is 0 Å². The topological polar surface area (TPSA) is 86.8 Å². The normalized spacial score (nSPS) is 12.0. The number of thioether (sulfide) groups is 1. The van der Waals surface area contributed by atoms with E-state index in [9.17, 15) is 18.0 Å². The highest BCUT2D eigenvalue weighted by Crippen LogP contribution is 2.29. The molecule has 2 amide bonds. The molecule has 0 aliphatic heterocycles. The number of nitrogens with one attached hydrogen (secondary N) is 1. The van der Waals surface area contributed by atoms with Crippen LogP contribution in [-0.2, 0) is 26.2 Å². The lowest BCUT2D eigenvalue weighted by Crippen LogP contribution is -2.51. The molecule has 7 nitrogen and oxygen atoms in total. The number of nitrogens with zero attached hydrogens (tertiary/aromatic N) is 2. The van der Waals surface area contributed by atoms with Gasteiger partial charge in [-0.25, -0.2) is 8.42 Å². The summed E-state index contributed by atoms with van der Waals surface area (Å²) in [6.07, 6.45) is 3.59. The standard InChI is InChI=1S/C30H35Cl2N3O4S2/c1-5-6-18-33-30(37)22(3)34(19-26-27(31)8-7-9-28(26)32)29(36)20-35(23-12-10-21(2)11-13-23)41(38,39)25-16-14-24(40-4)15-17-25/h7-17,22H,5-6,18-20H2,1-4H3,(H,33,37)/t22-/m0/s1. The van der Waals surface area contributed by atoms with Gasteiger partial charge in [0, 0.05) is 33.6 Å². The zero-order chi connectivity index (χ0) is 30.2. The maximum absolute atomic E-state index is 14.0. The van der Waals surface area contributed by atoms with E-state index < -0.39 is 28.5 Å². The molecule has 220 valence electrons. The molecule has 0 spiro atoms. The van der Waals surface area contributed by atoms with Crippen LogP contribution in [0.25, 0.3) is 0 Å². The molecule has 0 saturated heterocycles. The van der Waals surface area contributed by atoms with Crippen LogP contribution in [-0.4, -0.2) is 50.5 Å². The Balaban J connectivity index is 2.03. The van der Waals surface area contributed by atoms with E-state index in [1.165, 1.54) is 28.8 Å². The van der Waals surface area contributed by atoms with Crippen molar-refractivity contribution < 1.29 is 18.0 Å². The Kier molecular flexibility index (Phi) is 12.0. The third-order valence-corrected chi connectivity index (χ3v) is 9.88. The number of rotatable bonds is 13. The molecule has 3 rings (SSSR count). The highest BCUT2D eigenvalue weighted by molar-refractivity contribution is 7.98. The summed E-state index contributed by atoms with van der Waals surface area (Å²) in [5.74, 6) is -0.934. The Morgan fingerprint density at radius 3 is 2.15 bits per heavy atom. The average Bonchev–Trinajstić information content (AvgIpc) is 2.96. The molecule has 11 heteroatoms. The van der Waals surface area contributed by atoms with Crippen molar-refractivity contribution in [1.29, 1.82) is 0 Å². The second kappa shape index (κ2) is 15.0. The Labute approximate surface area is 257 Å². The minimum atomic E-state index is -4.15. The number of sulfonamides is 1. The SMILES string of the molecule is CCCCNC(=O)[C@H](C)N(Cc1c(Cl)cccc1Cl)C(=O)CN(c1ccc(C)cc1)S(=O)(=O)c1ccc(SC)cc1. The Hall–Kier alpha value is -2.72. The van der Waals surface area contributed by atoms with Gasteiger partial charge in [-0.1, -0.05) is 60.3 Å². The van der Waals surface area contributed by atoms with Crippen molar-refractivity contribution in [1.82, 2.24) is 10.2 Å². The Morgan fingerprint density at radius 2 is 1.59 bits per heavy atom. The molecular formula is C30H35Cl2N3O4S2. The van der Waals surface area contributed by atoms with E-state index in [0.717, 1.165) is 27.6 Å². The summed E-state index contributed by atoms with van der Waals surface area (Å²) in [5.41, 5.74) is 1.73. The highest BCUT2D eigenvalue weighted by Gasteiger charge is 2.33. The van der Waals surface area contributed by atoms with E-state index in [1.807, 2.05) is 20.1 Å². The van der Waals surface area contributed by atoms with Crippen LogP contribution in [0.5, 0.6) is 0 Å². The number of aryl methyl sites for hydroxylation is 1. The van der Waals surface area contributed by atoms with Gasteiger partial charge in [-0.15, -0.1) is 11.8 Å². The van der Waals surface area contributed by atoms with Gasteiger partial charge in [0.05, 0.1) is 10.6 Å². The molecule has 0 aliphatic carbocycles. The van der Waals surface area contributed by atoms with Gasteiger partial charge < -0.3 is 10.2 Å². The predicted octanol–water partition coefficient (Wildman–Crippen LogP) is 6.55. The molecule has 41 heavy (non-hydrogen) atoms. The molecule has 3 aromatic rings. The second-order valence-corrected chi connectivity index (χ2v) is 13.1. The van der Waals surface area contributed by atoms with Crippen LogP contribution in [0.1, 0.15) is 37.8 Å². The van der Waals surface area contributed by atoms with Crippen molar-refractivity contribution in [2.75, 3.05) is 23.7 Å². The molecule has 0 aliphatic rings. The van der Waals surface area contributed by atoms with E-state index in [2.05, 4.69) is 5.32 Å². The molecule has 0 saturated carbocycles. The van der Waals surface area contributed by atoms with Crippen LogP contribution in [0.15, 0.2) is 76.5 Å². The first-order valence-electron chi connectivity index (χ1n) is 13.2. The molecular weight excluding hydrogens is 601 g/mol. The van der Waals surface area contributed by atoms with Gasteiger partial charge in [0.1, 0.15) is 12.6 Å². The maximum Gasteiger partial charge on any atom is 0.264 e. The van der Waals surface area contributed by atoms with Gasteiger partial charge in [-0.2, -0.15) is 0 Å². The van der Waals surface area contributed by atoms with Crippen LogP contribution in [0.2, 0.25) is 10.0 Å². The number of amides is 2. The van der Waals surface area contributed by atoms with Crippen molar-refractivity contribution in [3.8, 4) is 0 Å². The summed E-state index contributed by atoms with van der Waals surface area (Å²) >= 11 is 14.4. The summed E-state index contributed by atoms with van der Waals surface area (Å²) < 4.78 is 29.0. The van der Waals surface area contributed by atoms with Gasteiger partial charge in [0.2, 0.25) is 11.8 Å². The van der Waals surface area contributed by atoms with Gasteiger partial charge in [0.25, 0.3) is 10.0 Å². The zero-order valence-corrected chi connectivity index (χ0v) is 26.7. The summed E-state index contributed by atoms with van der Waals surface area (Å²) in [5, 5.41) is 3.54. The fourth-order valence-corrected chi connectivity index (χ4v) is 6.43. The molecule has 0 unspecified atom stereocenters. The molecule has 3 aromatic carbocycles. The first-order chi connectivity index (χ1) is 19.5. The Morgan fingerprint density at radius 1 is 0.976 bits per heavy atom. The molecule has 0 radical (unpaired) electrons. The quantitative estimate of drug-likeness (QED) is 0.170. The fourth-order valence-electron chi connectivity index (χ4n) is 4.09. The van der Waals surface area contributed by atoms with Crippen LogP contribution >= 0.6 is 35.0 Å².